The molecule has 4 rings (SSSR count). The first kappa shape index (κ1) is 18.7. The number of furan rings is 1. The van der Waals surface area contributed by atoms with Gasteiger partial charge in [0.15, 0.2) is 0 Å². The minimum atomic E-state index is 0.530. The van der Waals surface area contributed by atoms with E-state index in [1.807, 2.05) is 32.0 Å². The van der Waals surface area contributed by atoms with E-state index in [1.165, 1.54) is 5.56 Å². The van der Waals surface area contributed by atoms with E-state index in [1.54, 1.807) is 7.11 Å². The molecular formula is C21H26N4O3. The number of piperazine rings is 1. The first-order valence-electron chi connectivity index (χ1n) is 9.58. The van der Waals surface area contributed by atoms with Crippen LogP contribution in [-0.2, 0) is 13.1 Å². The molecule has 1 saturated heterocycles. The van der Waals surface area contributed by atoms with Gasteiger partial charge in [0.25, 0.3) is 5.89 Å². The molecule has 0 amide bonds. The SMILES string of the molecule is COc1ccc(CN2CCN(Cc3nnc(-c4cc(C)oc4C)o3)CC2)cc1. The maximum Gasteiger partial charge on any atom is 0.251 e. The molecule has 1 aromatic carbocycles. The highest BCUT2D eigenvalue weighted by molar-refractivity contribution is 5.55. The van der Waals surface area contributed by atoms with Gasteiger partial charge in [-0.15, -0.1) is 10.2 Å². The van der Waals surface area contributed by atoms with Crippen LogP contribution in [0.3, 0.4) is 0 Å². The standard InChI is InChI=1S/C21H26N4O3/c1-15-12-19(16(2)27-15)21-23-22-20(28-21)14-25-10-8-24(9-11-25)13-17-4-6-18(26-3)7-5-17/h4-7,12H,8-11,13-14H2,1-3H3. The van der Waals surface area contributed by atoms with Gasteiger partial charge in [-0.05, 0) is 37.6 Å². The molecular weight excluding hydrogens is 356 g/mol. The molecule has 0 unspecified atom stereocenters. The number of methoxy groups -OCH3 is 1. The molecule has 0 N–H and O–H groups in total. The fourth-order valence-electron chi connectivity index (χ4n) is 3.56. The van der Waals surface area contributed by atoms with Crippen LogP contribution in [0.2, 0.25) is 0 Å². The van der Waals surface area contributed by atoms with Gasteiger partial charge in [-0.1, -0.05) is 12.1 Å². The predicted molar refractivity (Wildman–Crippen MR) is 105 cm³/mol. The summed E-state index contributed by atoms with van der Waals surface area (Å²) in [6.07, 6.45) is 0. The summed E-state index contributed by atoms with van der Waals surface area (Å²) >= 11 is 0. The van der Waals surface area contributed by atoms with Crippen LogP contribution in [0.4, 0.5) is 0 Å². The van der Waals surface area contributed by atoms with Crippen molar-refractivity contribution in [3.8, 4) is 17.2 Å². The smallest absolute Gasteiger partial charge is 0.251 e. The lowest BCUT2D eigenvalue weighted by atomic mass is 10.2. The Morgan fingerprint density at radius 3 is 2.21 bits per heavy atom. The van der Waals surface area contributed by atoms with Gasteiger partial charge in [-0.2, -0.15) is 0 Å². The molecule has 3 heterocycles. The van der Waals surface area contributed by atoms with Crippen molar-refractivity contribution in [2.45, 2.75) is 26.9 Å². The molecule has 1 aliphatic heterocycles. The van der Waals surface area contributed by atoms with Crippen molar-refractivity contribution in [1.82, 2.24) is 20.0 Å². The molecule has 148 valence electrons. The summed E-state index contributed by atoms with van der Waals surface area (Å²) in [5, 5.41) is 8.40. The predicted octanol–water partition coefficient (Wildman–Crippen LogP) is 3.27. The van der Waals surface area contributed by atoms with Crippen molar-refractivity contribution in [2.75, 3.05) is 33.3 Å². The Morgan fingerprint density at radius 1 is 0.929 bits per heavy atom. The summed E-state index contributed by atoms with van der Waals surface area (Å²) in [6.45, 7) is 9.48. The van der Waals surface area contributed by atoms with Crippen LogP contribution in [0, 0.1) is 13.8 Å². The average Bonchev–Trinajstić information content (AvgIpc) is 3.29. The van der Waals surface area contributed by atoms with Crippen LogP contribution in [0.5, 0.6) is 5.75 Å². The second-order valence-corrected chi connectivity index (χ2v) is 7.23. The summed E-state index contributed by atoms with van der Waals surface area (Å²) in [6, 6.07) is 10.2. The van der Waals surface area contributed by atoms with E-state index >= 15 is 0 Å². The lowest BCUT2D eigenvalue weighted by molar-refractivity contribution is 0.114. The van der Waals surface area contributed by atoms with Crippen LogP contribution >= 0.6 is 0 Å². The lowest BCUT2D eigenvalue weighted by Gasteiger charge is -2.33. The number of nitrogens with zero attached hydrogens (tertiary/aromatic N) is 4. The molecule has 28 heavy (non-hydrogen) atoms. The highest BCUT2D eigenvalue weighted by Crippen LogP contribution is 2.25. The van der Waals surface area contributed by atoms with Crippen LogP contribution in [0.25, 0.3) is 11.5 Å². The molecule has 0 bridgehead atoms. The zero-order chi connectivity index (χ0) is 19.5. The zero-order valence-electron chi connectivity index (χ0n) is 16.6. The maximum absolute atomic E-state index is 5.86. The Kier molecular flexibility index (Phi) is 5.45. The number of aromatic nitrogens is 2. The Bertz CT molecular complexity index is 908. The molecule has 7 nitrogen and oxygen atoms in total. The fraction of sp³-hybridized carbons (Fsp3) is 0.429. The highest BCUT2D eigenvalue weighted by Gasteiger charge is 2.20. The van der Waals surface area contributed by atoms with Gasteiger partial charge in [-0.25, -0.2) is 0 Å². The molecule has 0 saturated carbocycles. The van der Waals surface area contributed by atoms with E-state index in [0.29, 0.717) is 18.3 Å². The molecule has 7 heteroatoms. The Hall–Kier alpha value is -2.64. The van der Waals surface area contributed by atoms with E-state index in [-0.39, 0.29) is 0 Å². The van der Waals surface area contributed by atoms with Gasteiger partial charge >= 0.3 is 0 Å². The van der Waals surface area contributed by atoms with Crippen LogP contribution in [-0.4, -0.2) is 53.3 Å². The first-order valence-corrected chi connectivity index (χ1v) is 9.58. The highest BCUT2D eigenvalue weighted by atomic mass is 16.5. The van der Waals surface area contributed by atoms with Crippen LogP contribution < -0.4 is 4.74 Å². The Labute approximate surface area is 164 Å². The monoisotopic (exact) mass is 382 g/mol. The lowest BCUT2D eigenvalue weighted by Crippen LogP contribution is -2.45. The summed E-state index contributed by atoms with van der Waals surface area (Å²) < 4.78 is 16.6. The van der Waals surface area contributed by atoms with Crippen molar-refractivity contribution >= 4 is 0 Å². The van der Waals surface area contributed by atoms with E-state index in [2.05, 4.69) is 32.1 Å². The number of hydrogen-bond acceptors (Lipinski definition) is 7. The van der Waals surface area contributed by atoms with Gasteiger partial charge in [0.05, 0.1) is 19.2 Å². The third kappa shape index (κ3) is 4.26. The van der Waals surface area contributed by atoms with Gasteiger partial charge in [0.1, 0.15) is 17.3 Å². The minimum Gasteiger partial charge on any atom is -0.497 e. The molecule has 1 fully saturated rings. The first-order chi connectivity index (χ1) is 13.6. The van der Waals surface area contributed by atoms with Gasteiger partial charge in [-0.3, -0.25) is 9.80 Å². The number of benzene rings is 1. The minimum absolute atomic E-state index is 0.530. The summed E-state index contributed by atoms with van der Waals surface area (Å²) in [7, 11) is 1.69. The number of rotatable bonds is 6. The van der Waals surface area contributed by atoms with Crippen molar-refractivity contribution in [3.05, 3.63) is 53.3 Å². The van der Waals surface area contributed by atoms with Gasteiger partial charge < -0.3 is 13.6 Å². The summed E-state index contributed by atoms with van der Waals surface area (Å²) in [5.74, 6) is 3.73. The molecule has 0 spiro atoms. The number of ether oxygens (including phenoxy) is 1. The fourth-order valence-corrected chi connectivity index (χ4v) is 3.56. The quantitative estimate of drug-likeness (QED) is 0.648. The summed E-state index contributed by atoms with van der Waals surface area (Å²) in [5.41, 5.74) is 2.18. The zero-order valence-corrected chi connectivity index (χ0v) is 16.6. The van der Waals surface area contributed by atoms with Crippen molar-refractivity contribution in [1.29, 1.82) is 0 Å². The Morgan fingerprint density at radius 2 is 1.61 bits per heavy atom. The molecule has 0 radical (unpaired) electrons. The van der Waals surface area contributed by atoms with Crippen molar-refractivity contribution in [3.63, 3.8) is 0 Å². The van der Waals surface area contributed by atoms with Crippen LogP contribution in [0.15, 0.2) is 39.2 Å². The normalized spacial score (nSPS) is 15.8. The van der Waals surface area contributed by atoms with E-state index in [9.17, 15) is 0 Å². The van der Waals surface area contributed by atoms with E-state index in [4.69, 9.17) is 13.6 Å². The largest absolute Gasteiger partial charge is 0.497 e. The number of hydrogen-bond donors (Lipinski definition) is 0. The maximum atomic E-state index is 5.86. The number of aryl methyl sites for hydroxylation is 2. The van der Waals surface area contributed by atoms with Crippen LogP contribution in [0.1, 0.15) is 23.0 Å². The van der Waals surface area contributed by atoms with E-state index < -0.39 is 0 Å². The molecule has 2 aromatic heterocycles. The second-order valence-electron chi connectivity index (χ2n) is 7.23. The molecule has 0 atom stereocenters. The van der Waals surface area contributed by atoms with Gasteiger partial charge in [0, 0.05) is 32.7 Å². The van der Waals surface area contributed by atoms with E-state index in [0.717, 1.165) is 55.6 Å². The molecule has 3 aromatic rings. The Balaban J connectivity index is 1.29. The molecule has 1 aliphatic rings. The second kappa shape index (κ2) is 8.16. The van der Waals surface area contributed by atoms with Gasteiger partial charge in [0.2, 0.25) is 5.89 Å². The van der Waals surface area contributed by atoms with Crippen molar-refractivity contribution < 1.29 is 13.6 Å². The topological polar surface area (TPSA) is 67.8 Å². The summed E-state index contributed by atoms with van der Waals surface area (Å²) in [4.78, 5) is 4.82. The van der Waals surface area contributed by atoms with Crippen molar-refractivity contribution in [2.24, 2.45) is 0 Å². The third-order valence-corrected chi connectivity index (χ3v) is 5.13. The third-order valence-electron chi connectivity index (χ3n) is 5.13. The molecule has 0 aliphatic carbocycles. The average molecular weight is 382 g/mol.